The molecule has 18 heavy (non-hydrogen) atoms. The molecule has 1 aromatic carbocycles. The van der Waals surface area contributed by atoms with Gasteiger partial charge in [0.05, 0.1) is 18.1 Å². The van der Waals surface area contributed by atoms with E-state index in [1.807, 2.05) is 0 Å². The molecular formula is C12H9FN2O3. The molecule has 1 N–H and O–H groups in total. The zero-order valence-electron chi connectivity index (χ0n) is 9.21. The van der Waals surface area contributed by atoms with E-state index in [9.17, 15) is 9.18 Å². The van der Waals surface area contributed by atoms with Gasteiger partial charge in [-0.05, 0) is 24.3 Å². The van der Waals surface area contributed by atoms with Gasteiger partial charge < -0.3 is 9.84 Å². The molecule has 2 rings (SSSR count). The van der Waals surface area contributed by atoms with Crippen LogP contribution in [0.2, 0.25) is 0 Å². The zero-order valence-corrected chi connectivity index (χ0v) is 9.21. The molecule has 0 unspecified atom stereocenters. The van der Waals surface area contributed by atoms with Gasteiger partial charge in [0.25, 0.3) is 0 Å². The van der Waals surface area contributed by atoms with Crippen molar-refractivity contribution in [3.05, 3.63) is 53.9 Å². The molecule has 1 heterocycles. The lowest BCUT2D eigenvalue weighted by atomic mass is 10.3. The van der Waals surface area contributed by atoms with E-state index in [1.54, 1.807) is 0 Å². The maximum Gasteiger partial charge on any atom is 0.356 e. The maximum atomic E-state index is 12.6. The molecule has 0 fully saturated rings. The van der Waals surface area contributed by atoms with Gasteiger partial charge in [-0.25, -0.2) is 14.2 Å². The lowest BCUT2D eigenvalue weighted by Crippen LogP contribution is -2.04. The Hall–Kier alpha value is -2.50. The summed E-state index contributed by atoms with van der Waals surface area (Å²) in [6.07, 6.45) is 2.48. The minimum absolute atomic E-state index is 0.125. The number of hydrogen-bond acceptors (Lipinski definition) is 4. The van der Waals surface area contributed by atoms with Crippen molar-refractivity contribution in [2.24, 2.45) is 0 Å². The monoisotopic (exact) mass is 248 g/mol. The summed E-state index contributed by atoms with van der Waals surface area (Å²) >= 11 is 0. The van der Waals surface area contributed by atoms with Crippen LogP contribution in [0.4, 0.5) is 4.39 Å². The van der Waals surface area contributed by atoms with Crippen molar-refractivity contribution < 1.29 is 19.0 Å². The van der Waals surface area contributed by atoms with Crippen LogP contribution in [0.15, 0.2) is 36.7 Å². The lowest BCUT2D eigenvalue weighted by molar-refractivity contribution is 0.0689. The van der Waals surface area contributed by atoms with Gasteiger partial charge >= 0.3 is 5.97 Å². The van der Waals surface area contributed by atoms with E-state index >= 15 is 0 Å². The van der Waals surface area contributed by atoms with Crippen molar-refractivity contribution >= 4 is 5.97 Å². The smallest absolute Gasteiger partial charge is 0.356 e. The van der Waals surface area contributed by atoms with Gasteiger partial charge in [0.15, 0.2) is 5.69 Å². The van der Waals surface area contributed by atoms with Gasteiger partial charge in [0.2, 0.25) is 0 Å². The summed E-state index contributed by atoms with van der Waals surface area (Å²) < 4.78 is 18.0. The number of carbonyl (C=O) groups is 1. The average molecular weight is 248 g/mol. The fraction of sp³-hybridized carbons (Fsp3) is 0.0833. The second-order valence-electron chi connectivity index (χ2n) is 3.44. The second-order valence-corrected chi connectivity index (χ2v) is 3.44. The van der Waals surface area contributed by atoms with Crippen LogP contribution < -0.4 is 4.74 Å². The highest BCUT2D eigenvalue weighted by Gasteiger charge is 2.05. The second kappa shape index (κ2) is 5.22. The number of benzene rings is 1. The first-order valence-corrected chi connectivity index (χ1v) is 5.08. The molecule has 6 heteroatoms. The number of rotatable bonds is 4. The minimum atomic E-state index is -1.13. The van der Waals surface area contributed by atoms with Crippen LogP contribution in [0.3, 0.4) is 0 Å². The highest BCUT2D eigenvalue weighted by Crippen LogP contribution is 2.12. The molecule has 0 bridgehead atoms. The number of carboxylic acids is 1. The number of carboxylic acid groups (broad SMARTS) is 1. The highest BCUT2D eigenvalue weighted by atomic mass is 19.1. The Bertz CT molecular complexity index is 540. The number of halogens is 1. The minimum Gasteiger partial charge on any atom is -0.487 e. The van der Waals surface area contributed by atoms with Gasteiger partial charge in [0, 0.05) is 0 Å². The molecule has 0 radical (unpaired) electrons. The Labute approximate surface area is 102 Å². The van der Waals surface area contributed by atoms with Crippen molar-refractivity contribution in [2.75, 3.05) is 0 Å². The van der Waals surface area contributed by atoms with Crippen molar-refractivity contribution in [1.82, 2.24) is 9.97 Å². The standard InChI is InChI=1S/C12H9FN2O3/c13-8-1-3-10(4-2-8)18-7-9-5-15-11(6-14-9)12(16)17/h1-6H,7H2,(H,16,17). The molecule has 2 aromatic rings. The summed E-state index contributed by atoms with van der Waals surface area (Å²) in [4.78, 5) is 18.1. The molecule has 0 aliphatic carbocycles. The third-order valence-electron chi connectivity index (χ3n) is 2.12. The number of nitrogens with zero attached hydrogens (tertiary/aromatic N) is 2. The molecule has 1 aromatic heterocycles. The van der Waals surface area contributed by atoms with Gasteiger partial charge in [-0.15, -0.1) is 0 Å². The lowest BCUT2D eigenvalue weighted by Gasteiger charge is -2.05. The van der Waals surface area contributed by atoms with Crippen molar-refractivity contribution in [1.29, 1.82) is 0 Å². The van der Waals surface area contributed by atoms with E-state index in [4.69, 9.17) is 9.84 Å². The molecular weight excluding hydrogens is 239 g/mol. The van der Waals surface area contributed by atoms with Crippen LogP contribution in [-0.4, -0.2) is 21.0 Å². The first-order chi connectivity index (χ1) is 8.65. The van der Waals surface area contributed by atoms with Gasteiger partial charge in [-0.2, -0.15) is 0 Å². The summed E-state index contributed by atoms with van der Waals surface area (Å²) in [7, 11) is 0. The third kappa shape index (κ3) is 3.00. The van der Waals surface area contributed by atoms with E-state index in [2.05, 4.69) is 9.97 Å². The van der Waals surface area contributed by atoms with E-state index in [0.717, 1.165) is 6.20 Å². The fourth-order valence-corrected chi connectivity index (χ4v) is 1.23. The van der Waals surface area contributed by atoms with Crippen LogP contribution in [0.1, 0.15) is 16.2 Å². The molecule has 0 atom stereocenters. The Morgan fingerprint density at radius 2 is 1.94 bits per heavy atom. The highest BCUT2D eigenvalue weighted by molar-refractivity contribution is 5.84. The maximum absolute atomic E-state index is 12.6. The Balaban J connectivity index is 1.97. The van der Waals surface area contributed by atoms with Crippen LogP contribution in [-0.2, 0) is 6.61 Å². The summed E-state index contributed by atoms with van der Waals surface area (Å²) in [6.45, 7) is 0.137. The fourth-order valence-electron chi connectivity index (χ4n) is 1.23. The zero-order chi connectivity index (χ0) is 13.0. The molecule has 0 aliphatic heterocycles. The van der Waals surface area contributed by atoms with Crippen molar-refractivity contribution in [3.63, 3.8) is 0 Å². The van der Waals surface area contributed by atoms with E-state index in [0.29, 0.717) is 11.4 Å². The summed E-state index contributed by atoms with van der Waals surface area (Å²) in [6, 6.07) is 5.56. The van der Waals surface area contributed by atoms with Crippen LogP contribution in [0.5, 0.6) is 5.75 Å². The summed E-state index contributed by atoms with van der Waals surface area (Å²) in [5, 5.41) is 8.64. The molecule has 0 saturated carbocycles. The predicted octanol–water partition coefficient (Wildman–Crippen LogP) is 1.89. The Morgan fingerprint density at radius 3 is 2.50 bits per heavy atom. The normalized spacial score (nSPS) is 10.1. The summed E-state index contributed by atoms with van der Waals surface area (Å²) in [5.41, 5.74) is 0.366. The molecule has 0 aliphatic rings. The van der Waals surface area contributed by atoms with E-state index in [1.165, 1.54) is 30.5 Å². The van der Waals surface area contributed by atoms with Crippen molar-refractivity contribution in [3.8, 4) is 5.75 Å². The Morgan fingerprint density at radius 1 is 1.22 bits per heavy atom. The number of aromatic carboxylic acids is 1. The third-order valence-corrected chi connectivity index (χ3v) is 2.12. The molecule has 0 saturated heterocycles. The summed E-state index contributed by atoms with van der Waals surface area (Å²) in [5.74, 6) is -0.970. The number of aromatic nitrogens is 2. The van der Waals surface area contributed by atoms with E-state index in [-0.39, 0.29) is 18.1 Å². The number of hydrogen-bond donors (Lipinski definition) is 1. The SMILES string of the molecule is O=C(O)c1cnc(COc2ccc(F)cc2)cn1. The van der Waals surface area contributed by atoms with Gasteiger partial charge in [-0.1, -0.05) is 0 Å². The quantitative estimate of drug-likeness (QED) is 0.894. The predicted molar refractivity (Wildman–Crippen MR) is 59.7 cm³/mol. The van der Waals surface area contributed by atoms with E-state index < -0.39 is 5.97 Å². The van der Waals surface area contributed by atoms with Crippen molar-refractivity contribution in [2.45, 2.75) is 6.61 Å². The molecule has 92 valence electrons. The molecule has 0 spiro atoms. The molecule has 0 amide bonds. The van der Waals surface area contributed by atoms with Crippen LogP contribution in [0.25, 0.3) is 0 Å². The van der Waals surface area contributed by atoms with Crippen LogP contribution in [0, 0.1) is 5.82 Å². The average Bonchev–Trinajstić information content (AvgIpc) is 2.38. The molecule has 5 nitrogen and oxygen atoms in total. The van der Waals surface area contributed by atoms with Gasteiger partial charge in [0.1, 0.15) is 18.2 Å². The Kier molecular flexibility index (Phi) is 3.47. The van der Waals surface area contributed by atoms with Gasteiger partial charge in [-0.3, -0.25) is 4.98 Å². The first kappa shape index (κ1) is 12.0. The first-order valence-electron chi connectivity index (χ1n) is 5.08. The van der Waals surface area contributed by atoms with Crippen LogP contribution >= 0.6 is 0 Å². The number of ether oxygens (including phenoxy) is 1. The largest absolute Gasteiger partial charge is 0.487 e. The topological polar surface area (TPSA) is 72.3 Å².